The first-order valence-electron chi connectivity index (χ1n) is 10.1. The topological polar surface area (TPSA) is 115 Å². The molecule has 2 aromatic heterocycles. The lowest BCUT2D eigenvalue weighted by molar-refractivity contribution is 0.0435. The standard InChI is InChI=1S/C24H21N3O7/c1-29-18-12-15(13-19(30-2)21(18)31-3)22-27-26-20(34-22)14-32-24(28)17-10-7-11-25-23(17)33-16-8-5-4-6-9-16/h4-13H,14H2,1-3H3. The maximum Gasteiger partial charge on any atom is 0.344 e. The first kappa shape index (κ1) is 22.6. The van der Waals surface area contributed by atoms with Gasteiger partial charge >= 0.3 is 5.97 Å². The molecule has 0 saturated heterocycles. The van der Waals surface area contributed by atoms with E-state index in [-0.39, 0.29) is 29.8 Å². The zero-order valence-electron chi connectivity index (χ0n) is 18.7. The Morgan fingerprint density at radius 1 is 0.912 bits per heavy atom. The normalized spacial score (nSPS) is 10.4. The number of nitrogens with zero attached hydrogens (tertiary/aromatic N) is 3. The minimum Gasteiger partial charge on any atom is -0.493 e. The molecule has 0 spiro atoms. The first-order valence-corrected chi connectivity index (χ1v) is 10.1. The molecule has 0 fully saturated rings. The Bertz CT molecular complexity index is 1250. The van der Waals surface area contributed by atoms with Crippen molar-refractivity contribution in [2.24, 2.45) is 0 Å². The van der Waals surface area contributed by atoms with Gasteiger partial charge in [-0.1, -0.05) is 18.2 Å². The molecule has 0 saturated carbocycles. The summed E-state index contributed by atoms with van der Waals surface area (Å²) in [6.45, 7) is -0.240. The van der Waals surface area contributed by atoms with Crippen LogP contribution in [-0.4, -0.2) is 42.5 Å². The van der Waals surface area contributed by atoms with Crippen LogP contribution in [0.5, 0.6) is 28.9 Å². The van der Waals surface area contributed by atoms with Gasteiger partial charge in [-0.3, -0.25) is 0 Å². The third kappa shape index (κ3) is 4.90. The van der Waals surface area contributed by atoms with Crippen molar-refractivity contribution in [1.29, 1.82) is 0 Å². The van der Waals surface area contributed by atoms with Crippen LogP contribution < -0.4 is 18.9 Å². The Kier molecular flexibility index (Phi) is 6.87. The number of hydrogen-bond donors (Lipinski definition) is 0. The summed E-state index contributed by atoms with van der Waals surface area (Å²) in [6, 6.07) is 15.5. The summed E-state index contributed by atoms with van der Waals surface area (Å²) in [5.74, 6) is 1.63. The van der Waals surface area contributed by atoms with E-state index in [2.05, 4.69) is 15.2 Å². The highest BCUT2D eigenvalue weighted by Crippen LogP contribution is 2.40. The van der Waals surface area contributed by atoms with Crippen molar-refractivity contribution < 1.29 is 32.9 Å². The van der Waals surface area contributed by atoms with E-state index in [0.29, 0.717) is 28.6 Å². The highest BCUT2D eigenvalue weighted by molar-refractivity contribution is 5.91. The van der Waals surface area contributed by atoms with Gasteiger partial charge in [-0.05, 0) is 36.4 Å². The maximum atomic E-state index is 12.7. The van der Waals surface area contributed by atoms with Crippen LogP contribution in [0.2, 0.25) is 0 Å². The predicted octanol–water partition coefficient (Wildman–Crippen LogP) is 4.31. The molecule has 0 aliphatic carbocycles. The molecule has 0 unspecified atom stereocenters. The molecule has 0 amide bonds. The molecule has 0 atom stereocenters. The molecule has 10 nitrogen and oxygen atoms in total. The summed E-state index contributed by atoms with van der Waals surface area (Å²) in [5, 5.41) is 7.97. The van der Waals surface area contributed by atoms with E-state index in [0.717, 1.165) is 0 Å². The maximum absolute atomic E-state index is 12.7. The van der Waals surface area contributed by atoms with Crippen LogP contribution in [0, 0.1) is 0 Å². The fourth-order valence-electron chi connectivity index (χ4n) is 3.07. The third-order valence-electron chi connectivity index (χ3n) is 4.65. The van der Waals surface area contributed by atoms with Crippen LogP contribution in [0.25, 0.3) is 11.5 Å². The van der Waals surface area contributed by atoms with Crippen molar-refractivity contribution in [3.05, 3.63) is 72.2 Å². The number of para-hydroxylation sites is 1. The molecule has 34 heavy (non-hydrogen) atoms. The van der Waals surface area contributed by atoms with Crippen LogP contribution in [0.1, 0.15) is 16.2 Å². The van der Waals surface area contributed by atoms with Crippen LogP contribution in [0.3, 0.4) is 0 Å². The summed E-state index contributed by atoms with van der Waals surface area (Å²) in [5.41, 5.74) is 0.709. The number of rotatable bonds is 9. The quantitative estimate of drug-likeness (QED) is 0.333. The molecule has 0 bridgehead atoms. The Hall–Kier alpha value is -4.60. The average Bonchev–Trinajstić information content (AvgIpc) is 3.36. The van der Waals surface area contributed by atoms with Crippen molar-refractivity contribution in [1.82, 2.24) is 15.2 Å². The molecule has 0 N–H and O–H groups in total. The van der Waals surface area contributed by atoms with Gasteiger partial charge in [-0.25, -0.2) is 9.78 Å². The van der Waals surface area contributed by atoms with E-state index in [1.165, 1.54) is 27.5 Å². The molecule has 2 heterocycles. The number of carbonyl (C=O) groups is 1. The van der Waals surface area contributed by atoms with E-state index in [1.54, 1.807) is 36.4 Å². The van der Waals surface area contributed by atoms with E-state index in [4.69, 9.17) is 28.1 Å². The molecule has 174 valence electrons. The molecular formula is C24H21N3O7. The molecule has 4 rings (SSSR count). The van der Waals surface area contributed by atoms with Crippen LogP contribution >= 0.6 is 0 Å². The lowest BCUT2D eigenvalue weighted by Crippen LogP contribution is -2.08. The largest absolute Gasteiger partial charge is 0.493 e. The van der Waals surface area contributed by atoms with Crippen LogP contribution in [0.4, 0.5) is 0 Å². The SMILES string of the molecule is COc1cc(-c2nnc(COC(=O)c3cccnc3Oc3ccccc3)o2)cc(OC)c1OC. The van der Waals surface area contributed by atoms with E-state index >= 15 is 0 Å². The van der Waals surface area contributed by atoms with Gasteiger partial charge in [0.1, 0.15) is 11.3 Å². The molecule has 4 aromatic rings. The second-order valence-electron chi connectivity index (χ2n) is 6.76. The van der Waals surface area contributed by atoms with Gasteiger partial charge in [0.15, 0.2) is 18.1 Å². The molecule has 2 aromatic carbocycles. The van der Waals surface area contributed by atoms with Crippen LogP contribution in [0.15, 0.2) is 65.2 Å². The first-order chi connectivity index (χ1) is 16.6. The highest BCUT2D eigenvalue weighted by Gasteiger charge is 2.20. The van der Waals surface area contributed by atoms with Gasteiger partial charge in [0.05, 0.1) is 21.3 Å². The number of carbonyl (C=O) groups excluding carboxylic acids is 1. The van der Waals surface area contributed by atoms with Crippen molar-refractivity contribution in [3.8, 4) is 40.3 Å². The van der Waals surface area contributed by atoms with Gasteiger partial charge in [-0.15, -0.1) is 10.2 Å². The predicted molar refractivity (Wildman–Crippen MR) is 119 cm³/mol. The molecule has 10 heteroatoms. The molecule has 0 radical (unpaired) electrons. The van der Waals surface area contributed by atoms with Gasteiger partial charge in [0.2, 0.25) is 17.5 Å². The minimum atomic E-state index is -0.647. The van der Waals surface area contributed by atoms with E-state index < -0.39 is 5.97 Å². The summed E-state index contributed by atoms with van der Waals surface area (Å²) < 4.78 is 32.7. The van der Waals surface area contributed by atoms with Crippen LogP contribution in [-0.2, 0) is 11.3 Å². The number of ether oxygens (including phenoxy) is 5. The number of esters is 1. The van der Waals surface area contributed by atoms with E-state index in [9.17, 15) is 4.79 Å². The number of aromatic nitrogens is 3. The zero-order chi connectivity index (χ0) is 23.9. The summed E-state index contributed by atoms with van der Waals surface area (Å²) in [4.78, 5) is 16.8. The Morgan fingerprint density at radius 2 is 1.65 bits per heavy atom. The highest BCUT2D eigenvalue weighted by atomic mass is 16.5. The Balaban J connectivity index is 1.48. The third-order valence-corrected chi connectivity index (χ3v) is 4.65. The lowest BCUT2D eigenvalue weighted by atomic mass is 10.2. The second-order valence-corrected chi connectivity index (χ2v) is 6.76. The van der Waals surface area contributed by atoms with Gasteiger partial charge in [-0.2, -0.15) is 0 Å². The van der Waals surface area contributed by atoms with Crippen molar-refractivity contribution in [2.75, 3.05) is 21.3 Å². The van der Waals surface area contributed by atoms with Crippen molar-refractivity contribution in [2.45, 2.75) is 6.61 Å². The monoisotopic (exact) mass is 463 g/mol. The Labute approximate surface area is 195 Å². The lowest BCUT2D eigenvalue weighted by Gasteiger charge is -2.12. The molecule has 0 aliphatic heterocycles. The number of benzene rings is 2. The smallest absolute Gasteiger partial charge is 0.344 e. The number of hydrogen-bond acceptors (Lipinski definition) is 10. The molecule has 0 aliphatic rings. The van der Waals surface area contributed by atoms with Gasteiger partial charge in [0.25, 0.3) is 5.89 Å². The average molecular weight is 463 g/mol. The fourth-order valence-corrected chi connectivity index (χ4v) is 3.07. The summed E-state index contributed by atoms with van der Waals surface area (Å²) in [7, 11) is 4.53. The van der Waals surface area contributed by atoms with Crippen molar-refractivity contribution >= 4 is 5.97 Å². The second kappa shape index (κ2) is 10.3. The minimum absolute atomic E-state index is 0.103. The van der Waals surface area contributed by atoms with Gasteiger partial charge < -0.3 is 28.1 Å². The number of pyridine rings is 1. The number of methoxy groups -OCH3 is 3. The summed E-state index contributed by atoms with van der Waals surface area (Å²) >= 11 is 0. The van der Waals surface area contributed by atoms with E-state index in [1.807, 2.05) is 18.2 Å². The zero-order valence-corrected chi connectivity index (χ0v) is 18.7. The Morgan fingerprint density at radius 3 is 2.32 bits per heavy atom. The fraction of sp³-hybridized carbons (Fsp3) is 0.167. The summed E-state index contributed by atoms with van der Waals surface area (Å²) in [6.07, 6.45) is 1.52. The van der Waals surface area contributed by atoms with Gasteiger partial charge in [0, 0.05) is 11.8 Å². The van der Waals surface area contributed by atoms with Crippen molar-refractivity contribution in [3.63, 3.8) is 0 Å². The molecular weight excluding hydrogens is 442 g/mol.